The van der Waals surface area contributed by atoms with Crippen LogP contribution in [0.4, 0.5) is 13.2 Å². The molecule has 2 rings (SSSR count). The van der Waals surface area contributed by atoms with E-state index in [1.807, 2.05) is 19.1 Å². The summed E-state index contributed by atoms with van der Waals surface area (Å²) >= 11 is 0. The normalized spacial score (nSPS) is 24.2. The van der Waals surface area contributed by atoms with Crippen molar-refractivity contribution in [2.24, 2.45) is 5.92 Å². The lowest BCUT2D eigenvalue weighted by Gasteiger charge is -2.33. The molecule has 0 aliphatic heterocycles. The first-order chi connectivity index (χ1) is 10.3. The summed E-state index contributed by atoms with van der Waals surface area (Å²) in [6.45, 7) is 2.03. The van der Waals surface area contributed by atoms with Gasteiger partial charge in [-0.1, -0.05) is 18.6 Å². The average Bonchev–Trinajstić information content (AvgIpc) is 2.46. The third-order valence-corrected chi connectivity index (χ3v) is 4.46. The summed E-state index contributed by atoms with van der Waals surface area (Å²) in [7, 11) is 0. The van der Waals surface area contributed by atoms with E-state index < -0.39 is 12.1 Å². The maximum Gasteiger partial charge on any atom is 0.391 e. The minimum atomic E-state index is -4.06. The van der Waals surface area contributed by atoms with Crippen LogP contribution >= 0.6 is 0 Å². The molecule has 2 nitrogen and oxygen atoms in total. The molecule has 22 heavy (non-hydrogen) atoms. The highest BCUT2D eigenvalue weighted by molar-refractivity contribution is 5.25. The predicted molar refractivity (Wildman–Crippen MR) is 80.8 cm³/mol. The average molecular weight is 315 g/mol. The van der Waals surface area contributed by atoms with Crippen LogP contribution in [-0.4, -0.2) is 23.4 Å². The molecule has 2 N–H and O–H groups in total. The molecule has 0 amide bonds. The van der Waals surface area contributed by atoms with Crippen LogP contribution in [0.3, 0.4) is 0 Å². The number of hydrogen-bond acceptors (Lipinski definition) is 2. The highest BCUT2D eigenvalue weighted by Crippen LogP contribution is 2.37. The summed E-state index contributed by atoms with van der Waals surface area (Å²) < 4.78 is 38.4. The van der Waals surface area contributed by atoms with Gasteiger partial charge in [-0.15, -0.1) is 0 Å². The molecule has 1 saturated carbocycles. The van der Waals surface area contributed by atoms with Crippen LogP contribution < -0.4 is 5.32 Å². The topological polar surface area (TPSA) is 32.3 Å². The Balaban J connectivity index is 1.76. The van der Waals surface area contributed by atoms with Crippen LogP contribution in [0.5, 0.6) is 5.75 Å². The van der Waals surface area contributed by atoms with Crippen molar-refractivity contribution in [3.8, 4) is 5.75 Å². The third kappa shape index (κ3) is 5.20. The van der Waals surface area contributed by atoms with Crippen molar-refractivity contribution >= 4 is 0 Å². The van der Waals surface area contributed by atoms with E-state index in [0.717, 1.165) is 24.8 Å². The van der Waals surface area contributed by atoms with Gasteiger partial charge < -0.3 is 10.4 Å². The van der Waals surface area contributed by atoms with Crippen molar-refractivity contribution in [2.45, 2.75) is 63.7 Å². The van der Waals surface area contributed by atoms with E-state index in [2.05, 4.69) is 5.32 Å². The summed E-state index contributed by atoms with van der Waals surface area (Å²) in [5.74, 6) is -0.904. The maximum atomic E-state index is 12.8. The Morgan fingerprint density at radius 2 is 1.91 bits per heavy atom. The second-order valence-electron chi connectivity index (χ2n) is 6.37. The lowest BCUT2D eigenvalue weighted by molar-refractivity contribution is -0.183. The molecule has 0 aromatic heterocycles. The first kappa shape index (κ1) is 17.1. The lowest BCUT2D eigenvalue weighted by Crippen LogP contribution is -2.42. The molecule has 1 aliphatic carbocycles. The smallest absolute Gasteiger partial charge is 0.391 e. The van der Waals surface area contributed by atoms with Crippen LogP contribution in [0.1, 0.15) is 44.6 Å². The Kier molecular flexibility index (Phi) is 5.73. The van der Waals surface area contributed by atoms with Gasteiger partial charge in [0, 0.05) is 12.1 Å². The molecule has 3 unspecified atom stereocenters. The van der Waals surface area contributed by atoms with Gasteiger partial charge in [0.1, 0.15) is 5.75 Å². The fourth-order valence-electron chi connectivity index (χ4n) is 3.17. The van der Waals surface area contributed by atoms with E-state index in [9.17, 15) is 18.3 Å². The molecule has 0 heterocycles. The first-order valence-electron chi connectivity index (χ1n) is 7.95. The summed E-state index contributed by atoms with van der Waals surface area (Å²) in [5, 5.41) is 12.6. The Morgan fingerprint density at radius 1 is 1.23 bits per heavy atom. The molecule has 3 atom stereocenters. The molecule has 0 radical (unpaired) electrons. The number of aryl methyl sites for hydroxylation is 1. The quantitative estimate of drug-likeness (QED) is 0.843. The number of phenols is 1. The van der Waals surface area contributed by atoms with E-state index in [1.165, 1.54) is 0 Å². The molecule has 1 aromatic carbocycles. The number of nitrogens with one attached hydrogen (secondary N) is 1. The molecule has 0 bridgehead atoms. The van der Waals surface area contributed by atoms with Crippen molar-refractivity contribution in [2.75, 3.05) is 0 Å². The number of phenolic OH excluding ortho intramolecular Hbond substituents is 1. The van der Waals surface area contributed by atoms with Crippen LogP contribution in [-0.2, 0) is 6.42 Å². The summed E-state index contributed by atoms with van der Waals surface area (Å²) in [5.41, 5.74) is 1.13. The number of hydrogen-bond donors (Lipinski definition) is 2. The van der Waals surface area contributed by atoms with Gasteiger partial charge in [0.25, 0.3) is 0 Å². The van der Waals surface area contributed by atoms with Crippen LogP contribution in [0.2, 0.25) is 0 Å². The second kappa shape index (κ2) is 7.36. The van der Waals surface area contributed by atoms with Gasteiger partial charge in [-0.25, -0.2) is 0 Å². The Morgan fingerprint density at radius 3 is 2.55 bits per heavy atom. The minimum absolute atomic E-state index is 0.0322. The van der Waals surface area contributed by atoms with Gasteiger partial charge in [0.15, 0.2) is 0 Å². The maximum absolute atomic E-state index is 12.8. The molecule has 5 heteroatoms. The van der Waals surface area contributed by atoms with E-state index in [0.29, 0.717) is 6.42 Å². The van der Waals surface area contributed by atoms with E-state index >= 15 is 0 Å². The molecular weight excluding hydrogens is 291 g/mol. The standard InChI is InChI=1S/C17H24F3NO/c1-12(5-6-13-7-9-16(22)10-8-13)21-15-4-2-3-14(11-15)17(18,19)20/h7-10,12,14-15,21-22H,2-6,11H2,1H3. The number of alkyl halides is 3. The number of benzene rings is 1. The summed E-state index contributed by atoms with van der Waals surface area (Å²) in [4.78, 5) is 0. The van der Waals surface area contributed by atoms with Gasteiger partial charge in [-0.05, 0) is 56.7 Å². The number of rotatable bonds is 5. The highest BCUT2D eigenvalue weighted by atomic mass is 19.4. The van der Waals surface area contributed by atoms with Crippen molar-refractivity contribution in [1.82, 2.24) is 5.32 Å². The van der Waals surface area contributed by atoms with Gasteiger partial charge in [-0.2, -0.15) is 13.2 Å². The Hall–Kier alpha value is -1.23. The Labute approximate surface area is 129 Å². The molecule has 124 valence electrons. The third-order valence-electron chi connectivity index (χ3n) is 4.46. The van der Waals surface area contributed by atoms with Gasteiger partial charge >= 0.3 is 6.18 Å². The summed E-state index contributed by atoms with van der Waals surface area (Å²) in [6.07, 6.45) is -0.392. The largest absolute Gasteiger partial charge is 0.508 e. The molecule has 1 aliphatic rings. The van der Waals surface area contributed by atoms with E-state index in [4.69, 9.17) is 0 Å². The molecule has 1 aromatic rings. The van der Waals surface area contributed by atoms with Gasteiger partial charge in [-0.3, -0.25) is 0 Å². The zero-order chi connectivity index (χ0) is 16.2. The van der Waals surface area contributed by atoms with Crippen LogP contribution in [0, 0.1) is 5.92 Å². The monoisotopic (exact) mass is 315 g/mol. The van der Waals surface area contributed by atoms with Crippen molar-refractivity contribution in [3.63, 3.8) is 0 Å². The predicted octanol–water partition coefficient (Wildman–Crippen LogP) is 4.42. The molecule has 0 saturated heterocycles. The number of halogens is 3. The number of aromatic hydroxyl groups is 1. The SMILES string of the molecule is CC(CCc1ccc(O)cc1)NC1CCCC(C(F)(F)F)C1. The zero-order valence-corrected chi connectivity index (χ0v) is 12.9. The molecule has 1 fully saturated rings. The van der Waals surface area contributed by atoms with Gasteiger partial charge in [0.05, 0.1) is 5.92 Å². The van der Waals surface area contributed by atoms with Gasteiger partial charge in [0.2, 0.25) is 0 Å². The van der Waals surface area contributed by atoms with Crippen molar-refractivity contribution in [3.05, 3.63) is 29.8 Å². The minimum Gasteiger partial charge on any atom is -0.508 e. The first-order valence-corrected chi connectivity index (χ1v) is 7.95. The summed E-state index contributed by atoms with van der Waals surface area (Å²) in [6, 6.07) is 7.22. The van der Waals surface area contributed by atoms with Crippen molar-refractivity contribution in [1.29, 1.82) is 0 Å². The van der Waals surface area contributed by atoms with E-state index in [-0.39, 0.29) is 30.7 Å². The zero-order valence-electron chi connectivity index (χ0n) is 12.9. The highest BCUT2D eigenvalue weighted by Gasteiger charge is 2.42. The second-order valence-corrected chi connectivity index (χ2v) is 6.37. The molecular formula is C17H24F3NO. The lowest BCUT2D eigenvalue weighted by atomic mass is 9.85. The fourth-order valence-corrected chi connectivity index (χ4v) is 3.17. The molecule has 0 spiro atoms. The fraction of sp³-hybridized carbons (Fsp3) is 0.647. The van der Waals surface area contributed by atoms with E-state index in [1.54, 1.807) is 12.1 Å². The van der Waals surface area contributed by atoms with Crippen LogP contribution in [0.25, 0.3) is 0 Å². The van der Waals surface area contributed by atoms with Crippen LogP contribution in [0.15, 0.2) is 24.3 Å². The van der Waals surface area contributed by atoms with Crippen molar-refractivity contribution < 1.29 is 18.3 Å². The Bertz CT molecular complexity index is 458.